The van der Waals surface area contributed by atoms with Crippen molar-refractivity contribution in [2.45, 2.75) is 19.1 Å². The Balaban J connectivity index is 1.37. The van der Waals surface area contributed by atoms with Crippen molar-refractivity contribution < 1.29 is 27.2 Å². The summed E-state index contributed by atoms with van der Waals surface area (Å²) in [5, 5.41) is 0. The van der Waals surface area contributed by atoms with Crippen LogP contribution in [0.25, 0.3) is 0 Å². The summed E-state index contributed by atoms with van der Waals surface area (Å²) in [4.78, 5) is 35.8. The molecule has 2 fully saturated rings. The molecule has 1 aromatic carbocycles. The molecule has 0 N–H and O–H groups in total. The lowest BCUT2D eigenvalue weighted by Gasteiger charge is -2.36. The molecule has 32 heavy (non-hydrogen) atoms. The fraction of sp³-hybridized carbons (Fsp3) is 0.381. The average Bonchev–Trinajstić information content (AvgIpc) is 2.98. The van der Waals surface area contributed by atoms with E-state index in [1.165, 1.54) is 40.1 Å². The summed E-state index contributed by atoms with van der Waals surface area (Å²) in [5.74, 6) is -0.329. The molecule has 2 aliphatic rings. The van der Waals surface area contributed by atoms with Gasteiger partial charge in [-0.05, 0) is 43.3 Å². The fourth-order valence-corrected chi connectivity index (χ4v) is 3.85. The van der Waals surface area contributed by atoms with Crippen molar-refractivity contribution in [2.75, 3.05) is 42.6 Å². The highest BCUT2D eigenvalue weighted by molar-refractivity contribution is 6.14. The molecule has 2 saturated heterocycles. The summed E-state index contributed by atoms with van der Waals surface area (Å²) in [5.41, 5.74) is -0.358. The number of piperazine rings is 1. The molecule has 0 spiro atoms. The highest BCUT2D eigenvalue weighted by Crippen LogP contribution is 2.30. The Morgan fingerprint density at radius 2 is 1.66 bits per heavy atom. The predicted molar refractivity (Wildman–Crippen MR) is 108 cm³/mol. The number of rotatable bonds is 4. The molecular weight excluding hydrogens is 430 g/mol. The maximum absolute atomic E-state index is 13.2. The first-order valence-electron chi connectivity index (χ1n) is 10.1. The number of benzene rings is 1. The summed E-state index contributed by atoms with van der Waals surface area (Å²) in [6, 6.07) is 6.54. The SMILES string of the molecule is C[C@H]1C(=O)N(CN2CCN(c3ccc(C(F)(F)F)cn3)CC2)C(=O)N1c1ccc(F)cc1. The number of carbonyl (C=O) groups is 2. The first-order valence-corrected chi connectivity index (χ1v) is 10.1. The van der Waals surface area contributed by atoms with Gasteiger partial charge in [0.15, 0.2) is 0 Å². The normalized spacial score (nSPS) is 20.4. The van der Waals surface area contributed by atoms with Crippen LogP contribution in [-0.2, 0) is 11.0 Å². The van der Waals surface area contributed by atoms with Gasteiger partial charge in [0.05, 0.1) is 12.2 Å². The van der Waals surface area contributed by atoms with Crippen molar-refractivity contribution >= 4 is 23.4 Å². The van der Waals surface area contributed by atoms with Gasteiger partial charge in [0.2, 0.25) is 0 Å². The minimum Gasteiger partial charge on any atom is -0.354 e. The quantitative estimate of drug-likeness (QED) is 0.528. The molecule has 0 aliphatic carbocycles. The molecule has 0 saturated carbocycles. The van der Waals surface area contributed by atoms with Crippen molar-refractivity contribution in [2.24, 2.45) is 0 Å². The second-order valence-electron chi connectivity index (χ2n) is 7.72. The van der Waals surface area contributed by atoms with Crippen molar-refractivity contribution in [3.05, 3.63) is 54.0 Å². The van der Waals surface area contributed by atoms with Crippen LogP contribution in [-0.4, -0.2) is 65.6 Å². The van der Waals surface area contributed by atoms with Crippen LogP contribution in [0.5, 0.6) is 0 Å². The van der Waals surface area contributed by atoms with Crippen molar-refractivity contribution in [3.8, 4) is 0 Å². The van der Waals surface area contributed by atoms with E-state index in [0.29, 0.717) is 37.7 Å². The zero-order chi connectivity index (χ0) is 23.0. The lowest BCUT2D eigenvalue weighted by molar-refractivity contribution is -0.137. The van der Waals surface area contributed by atoms with Crippen LogP contribution in [0, 0.1) is 5.82 Å². The smallest absolute Gasteiger partial charge is 0.354 e. The standard InChI is InChI=1S/C21H21F4N5O2/c1-14-19(31)29(20(32)30(14)17-5-3-16(22)4-6-17)13-27-8-10-28(11-9-27)18-7-2-15(12-26-18)21(23,24)25/h2-7,12,14H,8-11,13H2,1H3/t14-/m0/s1. The largest absolute Gasteiger partial charge is 0.417 e. The third-order valence-corrected chi connectivity index (χ3v) is 5.67. The Labute approximate surface area is 181 Å². The number of nitrogens with zero attached hydrogens (tertiary/aromatic N) is 5. The van der Waals surface area contributed by atoms with Crippen LogP contribution < -0.4 is 9.80 Å². The number of hydrogen-bond donors (Lipinski definition) is 0. The van der Waals surface area contributed by atoms with Crippen molar-refractivity contribution in [1.29, 1.82) is 0 Å². The minimum atomic E-state index is -4.43. The van der Waals surface area contributed by atoms with Crippen molar-refractivity contribution in [1.82, 2.24) is 14.8 Å². The van der Waals surface area contributed by atoms with E-state index in [0.717, 1.165) is 12.3 Å². The van der Waals surface area contributed by atoms with Gasteiger partial charge in [0, 0.05) is 38.1 Å². The molecule has 4 rings (SSSR count). The van der Waals surface area contributed by atoms with E-state index < -0.39 is 29.6 Å². The van der Waals surface area contributed by atoms with Crippen LogP contribution in [0.1, 0.15) is 12.5 Å². The maximum Gasteiger partial charge on any atom is 0.417 e. The molecule has 0 bridgehead atoms. The average molecular weight is 451 g/mol. The van der Waals surface area contributed by atoms with E-state index in [-0.39, 0.29) is 12.6 Å². The molecule has 0 radical (unpaired) electrons. The molecule has 3 amide bonds. The predicted octanol–water partition coefficient (Wildman–Crippen LogP) is 3.18. The number of anilines is 2. The maximum atomic E-state index is 13.2. The Morgan fingerprint density at radius 1 is 1.00 bits per heavy atom. The van der Waals surface area contributed by atoms with Gasteiger partial charge in [-0.2, -0.15) is 13.2 Å². The zero-order valence-corrected chi connectivity index (χ0v) is 17.2. The van der Waals surface area contributed by atoms with Crippen molar-refractivity contribution in [3.63, 3.8) is 0 Å². The van der Waals surface area contributed by atoms with Crippen LogP contribution in [0.15, 0.2) is 42.6 Å². The molecule has 11 heteroatoms. The number of halogens is 4. The van der Waals surface area contributed by atoms with E-state index in [1.807, 2.05) is 9.80 Å². The number of urea groups is 1. The zero-order valence-electron chi connectivity index (χ0n) is 17.2. The van der Waals surface area contributed by atoms with E-state index in [1.54, 1.807) is 6.92 Å². The van der Waals surface area contributed by atoms with Gasteiger partial charge in [0.1, 0.15) is 17.7 Å². The van der Waals surface area contributed by atoms with Gasteiger partial charge in [-0.3, -0.25) is 14.6 Å². The highest BCUT2D eigenvalue weighted by Gasteiger charge is 2.44. The van der Waals surface area contributed by atoms with Gasteiger partial charge >= 0.3 is 12.2 Å². The summed E-state index contributed by atoms with van der Waals surface area (Å²) in [7, 11) is 0. The summed E-state index contributed by atoms with van der Waals surface area (Å²) >= 11 is 0. The molecule has 2 aliphatic heterocycles. The Bertz CT molecular complexity index is 989. The molecule has 170 valence electrons. The number of pyridine rings is 1. The summed E-state index contributed by atoms with van der Waals surface area (Å²) < 4.78 is 51.3. The van der Waals surface area contributed by atoms with E-state index >= 15 is 0 Å². The molecule has 0 unspecified atom stereocenters. The third kappa shape index (κ3) is 4.24. The number of alkyl halides is 3. The Morgan fingerprint density at radius 3 is 2.22 bits per heavy atom. The number of amides is 3. The van der Waals surface area contributed by atoms with E-state index in [4.69, 9.17) is 0 Å². The van der Waals surface area contributed by atoms with Gasteiger partial charge in [0.25, 0.3) is 5.91 Å². The highest BCUT2D eigenvalue weighted by atomic mass is 19.4. The van der Waals surface area contributed by atoms with Crippen LogP contribution >= 0.6 is 0 Å². The molecule has 1 aromatic heterocycles. The number of hydrogen-bond acceptors (Lipinski definition) is 5. The number of imide groups is 1. The van der Waals surface area contributed by atoms with Gasteiger partial charge in [-0.15, -0.1) is 0 Å². The lowest BCUT2D eigenvalue weighted by Crippen LogP contribution is -2.51. The first kappa shape index (κ1) is 22.0. The number of aromatic nitrogens is 1. The summed E-state index contributed by atoms with van der Waals surface area (Å²) in [6.07, 6.45) is -3.62. The summed E-state index contributed by atoms with van der Waals surface area (Å²) in [6.45, 7) is 3.72. The van der Waals surface area contributed by atoms with Gasteiger partial charge in [-0.25, -0.2) is 19.1 Å². The molecule has 7 nitrogen and oxygen atoms in total. The molecule has 1 atom stereocenters. The second-order valence-corrected chi connectivity index (χ2v) is 7.72. The Kier molecular flexibility index (Phi) is 5.76. The van der Waals surface area contributed by atoms with Crippen LogP contribution in [0.3, 0.4) is 0 Å². The topological polar surface area (TPSA) is 60.0 Å². The molecule has 2 aromatic rings. The number of carbonyl (C=O) groups excluding carboxylic acids is 2. The third-order valence-electron chi connectivity index (χ3n) is 5.67. The van der Waals surface area contributed by atoms with Crippen LogP contribution in [0.4, 0.5) is 33.9 Å². The first-order chi connectivity index (χ1) is 15.1. The molecule has 3 heterocycles. The second kappa shape index (κ2) is 8.38. The van der Waals surface area contributed by atoms with E-state index in [9.17, 15) is 27.2 Å². The molecular formula is C21H21F4N5O2. The monoisotopic (exact) mass is 451 g/mol. The minimum absolute atomic E-state index is 0.105. The van der Waals surface area contributed by atoms with Crippen LogP contribution in [0.2, 0.25) is 0 Å². The Hall–Kier alpha value is -3.21. The van der Waals surface area contributed by atoms with Gasteiger partial charge < -0.3 is 4.90 Å². The van der Waals surface area contributed by atoms with E-state index in [2.05, 4.69) is 4.98 Å². The van der Waals surface area contributed by atoms with Gasteiger partial charge in [-0.1, -0.05) is 0 Å². The lowest BCUT2D eigenvalue weighted by atomic mass is 10.2. The fourth-order valence-electron chi connectivity index (χ4n) is 3.85.